The molecule has 0 spiro atoms. The van der Waals surface area contributed by atoms with Crippen molar-refractivity contribution in [3.05, 3.63) is 69.6 Å². The van der Waals surface area contributed by atoms with Gasteiger partial charge >= 0.3 is 0 Å². The lowest BCUT2D eigenvalue weighted by Gasteiger charge is -2.53. The first-order valence-corrected chi connectivity index (χ1v) is 15.5. The third-order valence-electron chi connectivity index (χ3n) is 8.21. The Morgan fingerprint density at radius 1 is 1.05 bits per heavy atom. The van der Waals surface area contributed by atoms with Gasteiger partial charge in [-0.15, -0.1) is 5.10 Å². The lowest BCUT2D eigenvalue weighted by atomic mass is 9.78. The Kier molecular flexibility index (Phi) is 8.85. The van der Waals surface area contributed by atoms with Gasteiger partial charge in [0.15, 0.2) is 17.5 Å². The van der Waals surface area contributed by atoms with Crippen LogP contribution in [0, 0.1) is 17.5 Å². The maximum Gasteiger partial charge on any atom is 0.248 e. The quantitative estimate of drug-likeness (QED) is 0.145. The van der Waals surface area contributed by atoms with Crippen molar-refractivity contribution in [1.29, 1.82) is 0 Å². The number of halogens is 7. The first-order valence-electron chi connectivity index (χ1n) is 13.1. The van der Waals surface area contributed by atoms with E-state index in [0.717, 1.165) is 16.8 Å². The van der Waals surface area contributed by atoms with Crippen molar-refractivity contribution < 1.29 is 42.4 Å². The van der Waals surface area contributed by atoms with Gasteiger partial charge in [-0.1, -0.05) is 40.5 Å². The second kappa shape index (κ2) is 11.8. The maximum absolute atomic E-state index is 14.1. The molecule has 0 amide bonds. The average Bonchev–Trinajstić information content (AvgIpc) is 3.41. The van der Waals surface area contributed by atoms with E-state index in [2.05, 4.69) is 10.3 Å². The number of nitrogens with zero attached hydrogens (tertiary/aromatic N) is 3. The predicted molar refractivity (Wildman–Crippen MR) is 149 cm³/mol. The van der Waals surface area contributed by atoms with Crippen LogP contribution in [0.15, 0.2) is 36.5 Å². The van der Waals surface area contributed by atoms with Crippen molar-refractivity contribution in [2.24, 2.45) is 0 Å². The first kappa shape index (κ1) is 31.4. The number of aromatic nitrogens is 3. The Labute approximate surface area is 250 Å². The largest absolute Gasteiger partial charge is 0.395 e. The zero-order valence-electron chi connectivity index (χ0n) is 21.8. The van der Waals surface area contributed by atoms with Crippen molar-refractivity contribution in [2.75, 3.05) is 12.4 Å². The van der Waals surface area contributed by atoms with Crippen LogP contribution in [0.3, 0.4) is 0 Å². The van der Waals surface area contributed by atoms with Gasteiger partial charge in [-0.05, 0) is 36.6 Å². The maximum atomic E-state index is 14.1. The van der Waals surface area contributed by atoms with E-state index in [1.54, 1.807) is 12.1 Å². The first-order chi connectivity index (χ1) is 19.8. The SMILES string of the molecule is OC[C@@H]1[C@H](O)[C@@H](n2cc(-c3cc(F)c(F)c(F)c3)nn2)[C@@H](O)C[SH]1C(c1cccc(Cl)c1Cl)C1(O)CCC(F)(F)CC1. The molecular formula is C27H28Cl2F5N3O4S. The predicted octanol–water partition coefficient (Wildman–Crippen LogP) is 4.99. The minimum atomic E-state index is -2.96. The molecule has 2 aliphatic rings. The number of rotatable bonds is 6. The lowest BCUT2D eigenvalue weighted by Crippen LogP contribution is -2.53. The number of alkyl halides is 2. The summed E-state index contributed by atoms with van der Waals surface area (Å²) in [5.74, 6) is -7.55. The molecule has 2 unspecified atom stereocenters. The molecule has 1 saturated heterocycles. The number of benzene rings is 2. The van der Waals surface area contributed by atoms with Gasteiger partial charge in [-0.25, -0.2) is 37.5 Å². The van der Waals surface area contributed by atoms with Crippen LogP contribution in [-0.2, 0) is 0 Å². The number of hydrogen-bond donors (Lipinski definition) is 5. The number of aliphatic hydroxyl groups excluding tert-OH is 3. The van der Waals surface area contributed by atoms with Crippen molar-refractivity contribution in [3.63, 3.8) is 0 Å². The molecule has 42 heavy (non-hydrogen) atoms. The topological polar surface area (TPSA) is 112 Å². The third-order valence-corrected chi connectivity index (χ3v) is 12.6. The molecule has 15 heteroatoms. The van der Waals surface area contributed by atoms with E-state index in [0.29, 0.717) is 5.56 Å². The monoisotopic (exact) mass is 655 g/mol. The molecule has 0 bridgehead atoms. The zero-order valence-corrected chi connectivity index (χ0v) is 24.2. The molecule has 2 heterocycles. The molecule has 2 aromatic carbocycles. The Bertz CT molecular complexity index is 1430. The second-order valence-electron chi connectivity index (χ2n) is 10.8. The molecule has 1 aliphatic carbocycles. The highest BCUT2D eigenvalue weighted by Crippen LogP contribution is 2.62. The van der Waals surface area contributed by atoms with Crippen LogP contribution < -0.4 is 0 Å². The average molecular weight is 657 g/mol. The second-order valence-corrected chi connectivity index (χ2v) is 14.2. The summed E-state index contributed by atoms with van der Waals surface area (Å²) < 4.78 is 70.4. The van der Waals surface area contributed by atoms with Gasteiger partial charge in [-0.2, -0.15) is 0 Å². The Balaban J connectivity index is 1.51. The summed E-state index contributed by atoms with van der Waals surface area (Å²) in [6.07, 6.45) is -3.31. The van der Waals surface area contributed by atoms with E-state index < -0.39 is 88.1 Å². The molecule has 3 aromatic rings. The number of thiol groups is 1. The molecule has 1 aliphatic heterocycles. The van der Waals surface area contributed by atoms with Crippen molar-refractivity contribution in [3.8, 4) is 11.3 Å². The summed E-state index contributed by atoms with van der Waals surface area (Å²) in [6.45, 7) is -0.590. The van der Waals surface area contributed by atoms with E-state index in [4.69, 9.17) is 23.2 Å². The summed E-state index contributed by atoms with van der Waals surface area (Å²) in [4.78, 5) is 0. The van der Waals surface area contributed by atoms with Gasteiger partial charge in [0.25, 0.3) is 0 Å². The molecule has 1 aromatic heterocycles. The molecule has 2 fully saturated rings. The highest BCUT2D eigenvalue weighted by Gasteiger charge is 2.54. The van der Waals surface area contributed by atoms with Crippen LogP contribution in [0.5, 0.6) is 0 Å². The van der Waals surface area contributed by atoms with Gasteiger partial charge in [-0.3, -0.25) is 0 Å². The molecule has 230 valence electrons. The van der Waals surface area contributed by atoms with E-state index in [-0.39, 0.29) is 39.9 Å². The van der Waals surface area contributed by atoms with Crippen LogP contribution >= 0.6 is 34.1 Å². The highest BCUT2D eigenvalue weighted by molar-refractivity contribution is 8.18. The molecule has 0 radical (unpaired) electrons. The van der Waals surface area contributed by atoms with Crippen LogP contribution in [0.25, 0.3) is 11.3 Å². The molecule has 6 atom stereocenters. The van der Waals surface area contributed by atoms with E-state index in [1.165, 1.54) is 12.3 Å². The number of hydrogen-bond acceptors (Lipinski definition) is 6. The van der Waals surface area contributed by atoms with Crippen molar-refractivity contribution in [2.45, 2.75) is 66.0 Å². The third kappa shape index (κ3) is 5.76. The van der Waals surface area contributed by atoms with Gasteiger partial charge in [0, 0.05) is 34.7 Å². The van der Waals surface area contributed by atoms with E-state index in [1.807, 2.05) is 0 Å². The standard InChI is InChI=1S/C27H28Cl2F5N3O4S/c28-15-3-1-2-14(21(15)29)25(26(41)4-6-27(33,34)7-5-26)42-12-19(39)23(24(40)20(42)11-38)37-10-18(35-36-37)13-8-16(30)22(32)17(31)9-13/h1-3,8-10,19-20,23-25,38-42H,4-7,11-12H2/t19-,20+,23-,24-,25?/m0/s1. The van der Waals surface area contributed by atoms with Crippen LogP contribution in [0.2, 0.25) is 10.0 Å². The van der Waals surface area contributed by atoms with Gasteiger partial charge < -0.3 is 20.4 Å². The summed E-state index contributed by atoms with van der Waals surface area (Å²) >= 11 is 12.8. The zero-order chi connectivity index (χ0) is 30.6. The summed E-state index contributed by atoms with van der Waals surface area (Å²) in [5.41, 5.74) is -1.53. The lowest BCUT2D eigenvalue weighted by molar-refractivity contribution is -0.104. The fourth-order valence-electron chi connectivity index (χ4n) is 6.04. The van der Waals surface area contributed by atoms with E-state index >= 15 is 0 Å². The summed E-state index contributed by atoms with van der Waals surface area (Å²) in [7, 11) is -1.74. The van der Waals surface area contributed by atoms with Gasteiger partial charge in [0.05, 0.1) is 40.7 Å². The Morgan fingerprint density at radius 3 is 2.31 bits per heavy atom. The molecule has 7 nitrogen and oxygen atoms in total. The minimum absolute atomic E-state index is 0.0660. The Hall–Kier alpha value is -2.00. The molecule has 4 N–H and O–H groups in total. The van der Waals surface area contributed by atoms with Crippen molar-refractivity contribution in [1.82, 2.24) is 15.0 Å². The van der Waals surface area contributed by atoms with Gasteiger partial charge in [0.2, 0.25) is 5.92 Å². The smallest absolute Gasteiger partial charge is 0.248 e. The molecular weight excluding hydrogens is 628 g/mol. The van der Waals surface area contributed by atoms with Crippen LogP contribution in [-0.4, -0.2) is 76.8 Å². The van der Waals surface area contributed by atoms with Crippen molar-refractivity contribution >= 4 is 34.1 Å². The fraction of sp³-hybridized carbons (Fsp3) is 0.481. The molecule has 5 rings (SSSR count). The summed E-state index contributed by atoms with van der Waals surface area (Å²) in [5, 5.41) is 51.3. The normalized spacial score (nSPS) is 28.9. The van der Waals surface area contributed by atoms with Crippen LogP contribution in [0.4, 0.5) is 22.0 Å². The van der Waals surface area contributed by atoms with Crippen LogP contribution in [0.1, 0.15) is 42.5 Å². The highest BCUT2D eigenvalue weighted by atomic mass is 35.5. The Morgan fingerprint density at radius 2 is 1.69 bits per heavy atom. The van der Waals surface area contributed by atoms with Gasteiger partial charge in [0.1, 0.15) is 11.7 Å². The number of aliphatic hydroxyl groups is 4. The fourth-order valence-corrected chi connectivity index (χ4v) is 10.3. The van der Waals surface area contributed by atoms with E-state index in [9.17, 15) is 42.4 Å². The molecule has 1 saturated carbocycles. The summed E-state index contributed by atoms with van der Waals surface area (Å²) in [6, 6.07) is 5.00. The minimum Gasteiger partial charge on any atom is -0.395 e.